The van der Waals surface area contributed by atoms with Gasteiger partial charge in [-0.3, -0.25) is 0 Å². The van der Waals surface area contributed by atoms with E-state index in [2.05, 4.69) is 207 Å². The molecule has 0 amide bonds. The minimum absolute atomic E-state index is 0.0274. The van der Waals surface area contributed by atoms with Crippen molar-refractivity contribution in [2.24, 2.45) is 35.5 Å². The van der Waals surface area contributed by atoms with Gasteiger partial charge in [0.05, 0.1) is 6.04 Å². The van der Waals surface area contributed by atoms with Crippen LogP contribution in [0, 0.1) is 35.5 Å². The summed E-state index contributed by atoms with van der Waals surface area (Å²) in [6.07, 6.45) is 41.7. The van der Waals surface area contributed by atoms with Gasteiger partial charge in [0.25, 0.3) is 0 Å². The fourth-order valence-electron chi connectivity index (χ4n) is 13.5. The van der Waals surface area contributed by atoms with Crippen molar-refractivity contribution in [2.75, 3.05) is 4.90 Å². The van der Waals surface area contributed by atoms with Crippen LogP contribution in [0.3, 0.4) is 0 Å². The Bertz CT molecular complexity index is 2670. The molecule has 350 valence electrons. The van der Waals surface area contributed by atoms with Crippen LogP contribution in [0.15, 0.2) is 144 Å². The Morgan fingerprint density at radius 1 is 0.776 bits per heavy atom. The number of hydrogen-bond acceptors (Lipinski definition) is 4. The topological polar surface area (TPSA) is 27.7 Å². The summed E-state index contributed by atoms with van der Waals surface area (Å²) < 4.78 is 8.18. The van der Waals surface area contributed by atoms with E-state index in [1.165, 1.54) is 55.9 Å². The third kappa shape index (κ3) is 7.72. The van der Waals surface area contributed by atoms with Crippen LogP contribution in [0.5, 0.6) is 5.75 Å². The van der Waals surface area contributed by atoms with Gasteiger partial charge in [0.2, 0.25) is 0 Å². The van der Waals surface area contributed by atoms with Crippen LogP contribution in [0.1, 0.15) is 155 Å². The number of nitrogens with zero attached hydrogens (tertiary/aromatic N) is 2. The van der Waals surface area contributed by atoms with Gasteiger partial charge in [-0.1, -0.05) is 166 Å². The number of nitrogens with one attached hydrogen (secondary N) is 1. The smallest absolute Gasteiger partial charge is 0.176 e. The minimum atomic E-state index is -0.161. The van der Waals surface area contributed by atoms with Crippen LogP contribution in [0.2, 0.25) is 0 Å². The van der Waals surface area contributed by atoms with E-state index in [0.717, 1.165) is 50.7 Å². The highest BCUT2D eigenvalue weighted by Crippen LogP contribution is 2.59. The maximum atomic E-state index is 8.18. The monoisotopic (exact) mass is 892 g/mol. The molecule has 0 radical (unpaired) electrons. The lowest BCUT2D eigenvalue weighted by molar-refractivity contribution is 0.0277. The summed E-state index contributed by atoms with van der Waals surface area (Å²) >= 11 is 0. The van der Waals surface area contributed by atoms with E-state index >= 15 is 0 Å². The Hall–Kier alpha value is -4.96. The molecule has 9 unspecified atom stereocenters. The maximum Gasteiger partial charge on any atom is 0.176 e. The lowest BCUT2D eigenvalue weighted by Gasteiger charge is -2.40. The van der Waals surface area contributed by atoms with Crippen molar-refractivity contribution >= 4 is 11.3 Å². The van der Waals surface area contributed by atoms with Crippen LogP contribution < -0.4 is 15.0 Å². The normalized spacial score (nSPS) is 31.9. The minimum Gasteiger partial charge on any atom is -0.469 e. The van der Waals surface area contributed by atoms with E-state index in [-0.39, 0.29) is 46.5 Å². The zero-order valence-corrected chi connectivity index (χ0v) is 42.5. The standard InChI is InChI=1S/C63H77N3O/c1-38-24-26-40(27-25-38)42-30-31-65-55(34-42)50-33-43(46-21-16-15-18-39(46)2)32-49-47-22-17-23-54-57(47)64-59(66(54)53-29-28-44(61(3,4)5)35-48(53)41-19-13-12-14-20-41)51-36-45(62(6,7)8)37-52(63(9,10)11)58(51)67-60(65)56(49)50/h12-13,15-17,19,21-22,24-26,28-32,35-37,39-40,42,49-50,54-56,59-60,64H,14,18,20,23,27,33-34H2,1-11H3/t39?,40?,42?,49?,50?,54?,55?,56?,59?,60-/m0/s1. The number of fused-ring (bicyclic) bond motifs is 7. The SMILES string of the molecule is CC1=CCC(C2C=CN3C(C2)C2CC(C4=CC=CCC4C)=CC4C5=C6NC(c7cc(C(C)(C)C)cc(C(C)(C)C)c7O[C@H]3C42)N(c2ccc(C(C)(C)C)cc2C2=CC=CCC2)C6CC=C5)C=C1. The molecule has 2 saturated heterocycles. The third-order valence-electron chi connectivity index (χ3n) is 17.3. The van der Waals surface area contributed by atoms with Crippen molar-refractivity contribution in [3.63, 3.8) is 0 Å². The first-order valence-electron chi connectivity index (χ1n) is 26.1. The second-order valence-electron chi connectivity index (χ2n) is 24.9. The molecule has 4 heteroatoms. The zero-order valence-electron chi connectivity index (χ0n) is 42.5. The molecule has 67 heavy (non-hydrogen) atoms. The van der Waals surface area contributed by atoms with E-state index in [0.29, 0.717) is 29.7 Å². The van der Waals surface area contributed by atoms with Gasteiger partial charge in [0, 0.05) is 46.0 Å². The highest BCUT2D eigenvalue weighted by molar-refractivity contribution is 5.81. The average molecular weight is 892 g/mol. The molecule has 2 aromatic rings. The first-order chi connectivity index (χ1) is 31.9. The molecule has 5 aliphatic carbocycles. The van der Waals surface area contributed by atoms with E-state index in [9.17, 15) is 0 Å². The number of hydrogen-bond donors (Lipinski definition) is 1. The van der Waals surface area contributed by atoms with Crippen LogP contribution >= 0.6 is 0 Å². The molecular formula is C63H77N3O. The molecule has 4 nitrogen and oxygen atoms in total. The number of allylic oxidation sites excluding steroid dienone is 17. The Morgan fingerprint density at radius 3 is 2.30 bits per heavy atom. The zero-order chi connectivity index (χ0) is 46.7. The summed E-state index contributed by atoms with van der Waals surface area (Å²) in [5.41, 5.74) is 16.7. The van der Waals surface area contributed by atoms with Gasteiger partial charge in [-0.15, -0.1) is 0 Å². The van der Waals surface area contributed by atoms with Crippen LogP contribution in [-0.4, -0.2) is 23.2 Å². The van der Waals surface area contributed by atoms with Crippen molar-refractivity contribution in [1.82, 2.24) is 10.2 Å². The van der Waals surface area contributed by atoms with Crippen LogP contribution in [0.4, 0.5) is 5.69 Å². The van der Waals surface area contributed by atoms with Gasteiger partial charge in [0.15, 0.2) is 6.23 Å². The molecule has 9 aliphatic rings. The van der Waals surface area contributed by atoms with Gasteiger partial charge in [-0.05, 0) is 150 Å². The number of benzene rings is 2. The van der Waals surface area contributed by atoms with E-state index in [1.54, 1.807) is 11.1 Å². The fourth-order valence-corrected chi connectivity index (χ4v) is 13.5. The van der Waals surface area contributed by atoms with Gasteiger partial charge in [-0.2, -0.15) is 0 Å². The van der Waals surface area contributed by atoms with Crippen molar-refractivity contribution in [2.45, 2.75) is 162 Å². The number of ether oxygens (including phenoxy) is 1. The Labute approximate surface area is 403 Å². The average Bonchev–Trinajstić information content (AvgIpc) is 3.83. The maximum absolute atomic E-state index is 8.18. The molecule has 0 spiro atoms. The lowest BCUT2D eigenvalue weighted by Crippen LogP contribution is -2.43. The molecule has 4 heterocycles. The van der Waals surface area contributed by atoms with E-state index in [1.807, 2.05) is 0 Å². The van der Waals surface area contributed by atoms with Gasteiger partial charge in [-0.25, -0.2) is 0 Å². The summed E-state index contributed by atoms with van der Waals surface area (Å²) in [6.45, 7) is 26.1. The highest BCUT2D eigenvalue weighted by Gasteiger charge is 2.58. The molecule has 2 bridgehead atoms. The Morgan fingerprint density at radius 2 is 1.58 bits per heavy atom. The number of anilines is 1. The molecule has 1 N–H and O–H groups in total. The molecular weight excluding hydrogens is 815 g/mol. The van der Waals surface area contributed by atoms with Crippen molar-refractivity contribution in [1.29, 1.82) is 0 Å². The first kappa shape index (κ1) is 44.5. The summed E-state index contributed by atoms with van der Waals surface area (Å²) in [6, 6.07) is 13.0. The molecule has 4 aliphatic heterocycles. The fraction of sp³-hybridized carbons (Fsp3) is 0.492. The highest BCUT2D eigenvalue weighted by atomic mass is 16.5. The summed E-state index contributed by atoms with van der Waals surface area (Å²) in [7, 11) is 0. The predicted molar refractivity (Wildman–Crippen MR) is 281 cm³/mol. The Balaban J connectivity index is 1.17. The van der Waals surface area contributed by atoms with E-state index < -0.39 is 0 Å². The molecule has 0 aromatic heterocycles. The quantitative estimate of drug-likeness (QED) is 0.331. The van der Waals surface area contributed by atoms with Gasteiger partial charge in [0.1, 0.15) is 11.9 Å². The second kappa shape index (κ2) is 16.3. The van der Waals surface area contributed by atoms with Gasteiger partial charge < -0.3 is 19.9 Å². The third-order valence-corrected chi connectivity index (χ3v) is 17.3. The van der Waals surface area contributed by atoms with Gasteiger partial charge >= 0.3 is 0 Å². The molecule has 10 atom stereocenters. The van der Waals surface area contributed by atoms with E-state index in [4.69, 9.17) is 4.74 Å². The molecule has 2 aromatic carbocycles. The first-order valence-corrected chi connectivity index (χ1v) is 26.1. The van der Waals surface area contributed by atoms with Crippen molar-refractivity contribution in [3.8, 4) is 5.75 Å². The molecule has 11 rings (SSSR count). The van der Waals surface area contributed by atoms with Crippen molar-refractivity contribution < 1.29 is 4.74 Å². The summed E-state index contributed by atoms with van der Waals surface area (Å²) in [5.74, 6) is 3.55. The van der Waals surface area contributed by atoms with Crippen LogP contribution in [0.25, 0.3) is 5.57 Å². The Kier molecular flexibility index (Phi) is 10.9. The summed E-state index contributed by atoms with van der Waals surface area (Å²) in [4.78, 5) is 5.55. The lowest BCUT2D eigenvalue weighted by atomic mass is 9.65. The summed E-state index contributed by atoms with van der Waals surface area (Å²) in [5, 5.41) is 4.45. The largest absolute Gasteiger partial charge is 0.469 e. The predicted octanol–water partition coefficient (Wildman–Crippen LogP) is 15.2. The van der Waals surface area contributed by atoms with Crippen LogP contribution in [-0.2, 0) is 16.2 Å². The number of rotatable bonds is 4. The molecule has 2 fully saturated rings. The molecule has 0 saturated carbocycles. The van der Waals surface area contributed by atoms with Crippen molar-refractivity contribution in [3.05, 3.63) is 171 Å². The second-order valence-corrected chi connectivity index (χ2v) is 24.9.